The third kappa shape index (κ3) is 6.22. The van der Waals surface area contributed by atoms with Crippen LogP contribution in [0.25, 0.3) is 22.3 Å². The first-order valence-corrected chi connectivity index (χ1v) is 13.4. The molecule has 36 heavy (non-hydrogen) atoms. The highest BCUT2D eigenvalue weighted by atomic mass is 32.2. The van der Waals surface area contributed by atoms with Gasteiger partial charge in [-0.25, -0.2) is 36.5 Å². The molecule has 1 aromatic carbocycles. The van der Waals surface area contributed by atoms with E-state index < -0.39 is 39.6 Å². The van der Waals surface area contributed by atoms with Crippen LogP contribution in [-0.2, 0) is 10.0 Å². The summed E-state index contributed by atoms with van der Waals surface area (Å²) in [6, 6.07) is 6.02. The Bertz CT molecular complexity index is 1360. The Morgan fingerprint density at radius 3 is 2.53 bits per heavy atom. The van der Waals surface area contributed by atoms with E-state index in [1.807, 2.05) is 11.6 Å². The number of rotatable bonds is 8. The largest absolute Gasteiger partial charge is 0.351 e. The molecule has 4 rings (SSSR count). The zero-order valence-electron chi connectivity index (χ0n) is 20.1. The van der Waals surface area contributed by atoms with Gasteiger partial charge in [-0.05, 0) is 56.4 Å². The number of sulfonamides is 1. The minimum atomic E-state index is -4.44. The average molecular weight is 523 g/mol. The second-order valence-electron chi connectivity index (χ2n) is 9.27. The third-order valence-corrected chi connectivity index (χ3v) is 7.62. The number of nitrogens with zero attached hydrogens (tertiary/aromatic N) is 3. The Kier molecular flexibility index (Phi) is 7.37. The predicted octanol–water partition coefficient (Wildman–Crippen LogP) is 4.61. The molecular formula is C24H29F3N6O2S. The first-order chi connectivity index (χ1) is 16.9. The number of anilines is 2. The second kappa shape index (κ2) is 10.2. The molecule has 0 unspecified atom stereocenters. The molecule has 12 heteroatoms. The zero-order chi connectivity index (χ0) is 26.1. The topological polar surface area (TPSA) is 123 Å². The molecule has 0 atom stereocenters. The first kappa shape index (κ1) is 26.1. The summed E-state index contributed by atoms with van der Waals surface area (Å²) in [4.78, 5) is 13.5. The number of fused-ring (bicyclic) bond motifs is 1. The van der Waals surface area contributed by atoms with Crippen LogP contribution in [0.1, 0.15) is 44.6 Å². The summed E-state index contributed by atoms with van der Waals surface area (Å²) in [6.45, 7) is 3.04. The Hall–Kier alpha value is -2.99. The fourth-order valence-electron chi connectivity index (χ4n) is 4.19. The minimum Gasteiger partial charge on any atom is -0.351 e. The summed E-state index contributed by atoms with van der Waals surface area (Å²) in [6.07, 6.45) is 4.78. The lowest BCUT2D eigenvalue weighted by Gasteiger charge is -2.26. The quantitative estimate of drug-likeness (QED) is 0.395. The van der Waals surface area contributed by atoms with E-state index in [2.05, 4.69) is 20.3 Å². The van der Waals surface area contributed by atoms with Crippen molar-refractivity contribution < 1.29 is 21.6 Å². The Balaban J connectivity index is 1.54. The van der Waals surface area contributed by atoms with E-state index in [1.54, 1.807) is 12.3 Å². The Morgan fingerprint density at radius 1 is 1.14 bits per heavy atom. The lowest BCUT2D eigenvalue weighted by atomic mass is 9.92. The molecule has 1 aliphatic rings. The van der Waals surface area contributed by atoms with Crippen LogP contribution < -0.4 is 15.8 Å². The van der Waals surface area contributed by atoms with Gasteiger partial charge in [0.15, 0.2) is 0 Å². The van der Waals surface area contributed by atoms with Gasteiger partial charge in [0, 0.05) is 24.1 Å². The van der Waals surface area contributed by atoms with Crippen LogP contribution >= 0.6 is 0 Å². The van der Waals surface area contributed by atoms with Crippen molar-refractivity contribution in [2.24, 2.45) is 5.73 Å². The highest BCUT2D eigenvalue weighted by Crippen LogP contribution is 2.28. The summed E-state index contributed by atoms with van der Waals surface area (Å²) in [5.74, 6) is -5.22. The maximum atomic E-state index is 14.7. The Morgan fingerprint density at radius 2 is 1.86 bits per heavy atom. The van der Waals surface area contributed by atoms with Crippen LogP contribution in [0.5, 0.6) is 0 Å². The van der Waals surface area contributed by atoms with E-state index in [4.69, 9.17) is 5.73 Å². The highest BCUT2D eigenvalue weighted by molar-refractivity contribution is 7.92. The zero-order valence-corrected chi connectivity index (χ0v) is 20.9. The van der Waals surface area contributed by atoms with Gasteiger partial charge in [0.2, 0.25) is 16.0 Å². The third-order valence-electron chi connectivity index (χ3n) is 6.29. The Labute approximate surface area is 208 Å². The van der Waals surface area contributed by atoms with Gasteiger partial charge in [0.05, 0.1) is 23.1 Å². The smallest absolute Gasteiger partial charge is 0.263 e. The molecule has 4 N–H and O–H groups in total. The van der Waals surface area contributed by atoms with Gasteiger partial charge >= 0.3 is 0 Å². The predicted molar refractivity (Wildman–Crippen MR) is 134 cm³/mol. The van der Waals surface area contributed by atoms with Crippen LogP contribution in [0.4, 0.5) is 24.8 Å². The molecule has 2 heterocycles. The van der Waals surface area contributed by atoms with Crippen molar-refractivity contribution in [3.05, 3.63) is 41.8 Å². The number of aryl methyl sites for hydroxylation is 1. The number of nitrogens with one attached hydrogen (secondary N) is 2. The maximum absolute atomic E-state index is 14.7. The highest BCUT2D eigenvalue weighted by Gasteiger charge is 2.34. The number of pyridine rings is 1. The molecule has 0 saturated heterocycles. The van der Waals surface area contributed by atoms with Crippen molar-refractivity contribution in [3.8, 4) is 11.3 Å². The van der Waals surface area contributed by atoms with Crippen molar-refractivity contribution >= 4 is 32.7 Å². The SMILES string of the molecule is CCC(F)(F)CS(=O)(=O)Nc1ccc(-c2cc(C)c3nc(NC4CCC(N)CC4)ncc3n2)cc1F. The minimum absolute atomic E-state index is 0.246. The van der Waals surface area contributed by atoms with Crippen molar-refractivity contribution in [1.29, 1.82) is 0 Å². The van der Waals surface area contributed by atoms with E-state index in [0.29, 0.717) is 28.2 Å². The van der Waals surface area contributed by atoms with Crippen molar-refractivity contribution in [3.63, 3.8) is 0 Å². The number of alkyl halides is 2. The monoisotopic (exact) mass is 522 g/mol. The molecular weight excluding hydrogens is 493 g/mol. The molecule has 1 fully saturated rings. The van der Waals surface area contributed by atoms with Gasteiger partial charge in [-0.2, -0.15) is 0 Å². The lowest BCUT2D eigenvalue weighted by molar-refractivity contribution is 0.0219. The fraction of sp³-hybridized carbons (Fsp3) is 0.458. The van der Waals surface area contributed by atoms with Crippen molar-refractivity contribution in [1.82, 2.24) is 15.0 Å². The van der Waals surface area contributed by atoms with Crippen LogP contribution in [-0.4, -0.2) is 47.1 Å². The van der Waals surface area contributed by atoms with Gasteiger partial charge in [0.25, 0.3) is 5.92 Å². The van der Waals surface area contributed by atoms with E-state index in [1.165, 1.54) is 19.1 Å². The van der Waals surface area contributed by atoms with Gasteiger partial charge in [-0.3, -0.25) is 4.72 Å². The van der Waals surface area contributed by atoms with E-state index >= 15 is 0 Å². The molecule has 194 valence electrons. The number of hydrogen-bond donors (Lipinski definition) is 3. The van der Waals surface area contributed by atoms with Gasteiger partial charge in [-0.1, -0.05) is 13.0 Å². The van der Waals surface area contributed by atoms with Crippen LogP contribution in [0.2, 0.25) is 0 Å². The number of halogens is 3. The molecule has 0 aliphatic heterocycles. The van der Waals surface area contributed by atoms with Gasteiger partial charge in [0.1, 0.15) is 17.1 Å². The van der Waals surface area contributed by atoms with E-state index in [9.17, 15) is 21.6 Å². The molecule has 0 amide bonds. The van der Waals surface area contributed by atoms with Crippen LogP contribution in [0, 0.1) is 12.7 Å². The molecule has 0 radical (unpaired) electrons. The van der Waals surface area contributed by atoms with Gasteiger partial charge in [-0.15, -0.1) is 0 Å². The molecule has 0 spiro atoms. The summed E-state index contributed by atoms with van der Waals surface area (Å²) in [7, 11) is -4.44. The number of aromatic nitrogens is 3. The first-order valence-electron chi connectivity index (χ1n) is 11.8. The average Bonchev–Trinajstić information content (AvgIpc) is 2.81. The molecule has 3 aromatic rings. The van der Waals surface area contributed by atoms with Gasteiger partial charge < -0.3 is 11.1 Å². The maximum Gasteiger partial charge on any atom is 0.263 e. The standard InChI is InChI=1S/C24H29F3N6O2S/c1-3-24(26,27)13-36(34,35)33-19-9-4-15(11-18(19)25)20-10-14(2)22-21(31-20)12-29-23(32-22)30-17-7-5-16(28)6-8-17/h4,9-12,16-17,33H,3,5-8,13,28H2,1-2H3,(H,29,30,32). The summed E-state index contributed by atoms with van der Waals surface area (Å²) < 4.78 is 67.7. The number of benzene rings is 1. The molecule has 8 nitrogen and oxygen atoms in total. The molecule has 0 bridgehead atoms. The molecule has 1 aliphatic carbocycles. The summed E-state index contributed by atoms with van der Waals surface area (Å²) in [5.41, 5.74) is 8.37. The van der Waals surface area contributed by atoms with Crippen LogP contribution in [0.3, 0.4) is 0 Å². The fourth-order valence-corrected chi connectivity index (χ4v) is 5.52. The van der Waals surface area contributed by atoms with Crippen LogP contribution in [0.15, 0.2) is 30.5 Å². The number of hydrogen-bond acceptors (Lipinski definition) is 7. The molecule has 1 saturated carbocycles. The second-order valence-corrected chi connectivity index (χ2v) is 11.0. The van der Waals surface area contributed by atoms with E-state index in [0.717, 1.165) is 37.3 Å². The summed E-state index contributed by atoms with van der Waals surface area (Å²) in [5, 5.41) is 3.36. The number of nitrogens with two attached hydrogens (primary N) is 1. The van der Waals surface area contributed by atoms with Crippen molar-refractivity contribution in [2.45, 2.75) is 64.0 Å². The van der Waals surface area contributed by atoms with E-state index in [-0.39, 0.29) is 12.1 Å². The molecule has 2 aromatic heterocycles. The lowest BCUT2D eigenvalue weighted by Crippen LogP contribution is -2.33. The van der Waals surface area contributed by atoms with Crippen molar-refractivity contribution in [2.75, 3.05) is 15.8 Å². The normalized spacial score (nSPS) is 18.8. The summed E-state index contributed by atoms with van der Waals surface area (Å²) >= 11 is 0.